The Kier molecular flexibility index (Phi) is 4.41. The Hall–Kier alpha value is -2.16. The Morgan fingerprint density at radius 3 is 2.00 bits per heavy atom. The van der Waals surface area contributed by atoms with Crippen LogP contribution in [-0.4, -0.2) is 11.0 Å². The van der Waals surface area contributed by atoms with Crippen LogP contribution >= 0.6 is 0 Å². The van der Waals surface area contributed by atoms with Crippen molar-refractivity contribution in [3.05, 3.63) is 65.5 Å². The van der Waals surface area contributed by atoms with Crippen LogP contribution < -0.4 is 0 Å². The van der Waals surface area contributed by atoms with E-state index in [1.807, 2.05) is 24.3 Å². The van der Waals surface area contributed by atoms with Gasteiger partial charge in [0.25, 0.3) is 0 Å². The van der Waals surface area contributed by atoms with E-state index in [2.05, 4.69) is 37.9 Å². The SMILES string of the molecule is CC(=O)O[C@H](c1ccncc1)c1ccc(C(C)(C)C)cc1. The molecular weight excluding hydrogens is 262 g/mol. The number of ether oxygens (including phenoxy) is 1. The molecule has 0 spiro atoms. The first-order valence-electron chi connectivity index (χ1n) is 7.05. The lowest BCUT2D eigenvalue weighted by molar-refractivity contribution is -0.144. The Morgan fingerprint density at radius 1 is 1.00 bits per heavy atom. The summed E-state index contributed by atoms with van der Waals surface area (Å²) >= 11 is 0. The molecule has 0 N–H and O–H groups in total. The van der Waals surface area contributed by atoms with E-state index in [0.717, 1.165) is 11.1 Å². The van der Waals surface area contributed by atoms with Crippen LogP contribution in [0.5, 0.6) is 0 Å². The fourth-order valence-corrected chi connectivity index (χ4v) is 2.19. The fraction of sp³-hybridized carbons (Fsp3) is 0.333. The number of pyridine rings is 1. The third-order valence-corrected chi connectivity index (χ3v) is 3.37. The lowest BCUT2D eigenvalue weighted by atomic mass is 9.86. The van der Waals surface area contributed by atoms with E-state index in [1.165, 1.54) is 12.5 Å². The minimum absolute atomic E-state index is 0.103. The molecule has 0 aliphatic rings. The molecule has 110 valence electrons. The van der Waals surface area contributed by atoms with Crippen LogP contribution in [-0.2, 0) is 14.9 Å². The van der Waals surface area contributed by atoms with E-state index in [1.54, 1.807) is 12.4 Å². The van der Waals surface area contributed by atoms with Gasteiger partial charge in [0.05, 0.1) is 0 Å². The average Bonchev–Trinajstić information content (AvgIpc) is 2.45. The number of benzene rings is 1. The summed E-state index contributed by atoms with van der Waals surface area (Å²) < 4.78 is 5.48. The van der Waals surface area contributed by atoms with E-state index in [4.69, 9.17) is 4.74 Å². The molecule has 0 saturated heterocycles. The van der Waals surface area contributed by atoms with Gasteiger partial charge in [-0.05, 0) is 28.7 Å². The molecule has 0 amide bonds. The van der Waals surface area contributed by atoms with Gasteiger partial charge < -0.3 is 4.74 Å². The molecule has 2 rings (SSSR count). The molecule has 0 bridgehead atoms. The van der Waals surface area contributed by atoms with E-state index in [-0.39, 0.29) is 17.5 Å². The second-order valence-electron chi connectivity index (χ2n) is 6.14. The number of carbonyl (C=O) groups is 1. The highest BCUT2D eigenvalue weighted by Gasteiger charge is 2.19. The molecule has 0 aliphatic heterocycles. The average molecular weight is 283 g/mol. The number of hydrogen-bond donors (Lipinski definition) is 0. The van der Waals surface area contributed by atoms with Crippen molar-refractivity contribution in [3.63, 3.8) is 0 Å². The standard InChI is InChI=1S/C18H21NO2/c1-13(20)21-17(15-9-11-19-12-10-15)14-5-7-16(8-6-14)18(2,3)4/h5-12,17H,1-4H3/t17-/m0/s1. The number of carbonyl (C=O) groups excluding carboxylic acids is 1. The van der Waals surface area contributed by atoms with Crippen LogP contribution in [0.25, 0.3) is 0 Å². The predicted molar refractivity (Wildman–Crippen MR) is 83.0 cm³/mol. The van der Waals surface area contributed by atoms with Crippen molar-refractivity contribution in [2.75, 3.05) is 0 Å². The number of nitrogens with zero attached hydrogens (tertiary/aromatic N) is 1. The molecule has 0 radical (unpaired) electrons. The van der Waals surface area contributed by atoms with Crippen LogP contribution in [0.15, 0.2) is 48.8 Å². The van der Waals surface area contributed by atoms with E-state index >= 15 is 0 Å². The summed E-state index contributed by atoms with van der Waals surface area (Å²) in [6.07, 6.45) is 3.02. The van der Waals surface area contributed by atoms with Gasteiger partial charge >= 0.3 is 5.97 Å². The highest BCUT2D eigenvalue weighted by molar-refractivity contribution is 5.66. The zero-order valence-electron chi connectivity index (χ0n) is 13.0. The summed E-state index contributed by atoms with van der Waals surface area (Å²) in [4.78, 5) is 15.4. The first-order chi connectivity index (χ1) is 9.88. The number of aromatic nitrogens is 1. The maximum atomic E-state index is 11.4. The van der Waals surface area contributed by atoms with Crippen molar-refractivity contribution in [1.29, 1.82) is 0 Å². The molecule has 1 aromatic heterocycles. The molecule has 3 heteroatoms. The van der Waals surface area contributed by atoms with Gasteiger partial charge in [-0.1, -0.05) is 45.0 Å². The van der Waals surface area contributed by atoms with Crippen LogP contribution in [0.4, 0.5) is 0 Å². The van der Waals surface area contributed by atoms with Crippen molar-refractivity contribution in [2.24, 2.45) is 0 Å². The van der Waals surface area contributed by atoms with Gasteiger partial charge in [0.15, 0.2) is 6.10 Å². The van der Waals surface area contributed by atoms with Gasteiger partial charge in [-0.3, -0.25) is 9.78 Å². The summed E-state index contributed by atoms with van der Waals surface area (Å²) in [6, 6.07) is 12.0. The van der Waals surface area contributed by atoms with E-state index in [9.17, 15) is 4.79 Å². The predicted octanol–water partition coefficient (Wildman–Crippen LogP) is 4.03. The Bertz CT molecular complexity index is 597. The summed E-state index contributed by atoms with van der Waals surface area (Å²) in [5.74, 6) is -0.295. The van der Waals surface area contributed by atoms with Crippen molar-refractivity contribution in [3.8, 4) is 0 Å². The molecule has 0 aliphatic carbocycles. The largest absolute Gasteiger partial charge is 0.453 e. The van der Waals surface area contributed by atoms with Gasteiger partial charge in [0.1, 0.15) is 0 Å². The minimum atomic E-state index is -0.389. The van der Waals surface area contributed by atoms with Crippen molar-refractivity contribution < 1.29 is 9.53 Å². The molecule has 0 unspecified atom stereocenters. The number of esters is 1. The summed E-state index contributed by atoms with van der Waals surface area (Å²) in [6.45, 7) is 7.95. The van der Waals surface area contributed by atoms with Crippen LogP contribution in [0.3, 0.4) is 0 Å². The Labute approximate surface area is 126 Å². The van der Waals surface area contributed by atoms with Crippen molar-refractivity contribution >= 4 is 5.97 Å². The van der Waals surface area contributed by atoms with Gasteiger partial charge in [0.2, 0.25) is 0 Å². The topological polar surface area (TPSA) is 39.2 Å². The van der Waals surface area contributed by atoms with Gasteiger partial charge in [0, 0.05) is 24.9 Å². The molecular formula is C18H21NO2. The molecule has 1 heterocycles. The lowest BCUT2D eigenvalue weighted by Crippen LogP contribution is -2.13. The monoisotopic (exact) mass is 283 g/mol. The Balaban J connectivity index is 2.36. The highest BCUT2D eigenvalue weighted by Crippen LogP contribution is 2.29. The lowest BCUT2D eigenvalue weighted by Gasteiger charge is -2.22. The Morgan fingerprint density at radius 2 is 1.52 bits per heavy atom. The normalized spacial score (nSPS) is 12.8. The van der Waals surface area contributed by atoms with Crippen molar-refractivity contribution in [2.45, 2.75) is 39.2 Å². The molecule has 0 saturated carbocycles. The van der Waals surface area contributed by atoms with Crippen LogP contribution in [0, 0.1) is 0 Å². The zero-order valence-corrected chi connectivity index (χ0v) is 13.0. The molecule has 1 atom stereocenters. The van der Waals surface area contributed by atoms with E-state index in [0.29, 0.717) is 0 Å². The smallest absolute Gasteiger partial charge is 0.303 e. The second kappa shape index (κ2) is 6.08. The first kappa shape index (κ1) is 15.2. The summed E-state index contributed by atoms with van der Waals surface area (Å²) in [5.41, 5.74) is 3.24. The molecule has 1 aromatic carbocycles. The van der Waals surface area contributed by atoms with Gasteiger partial charge in [-0.2, -0.15) is 0 Å². The molecule has 3 nitrogen and oxygen atoms in total. The molecule has 2 aromatic rings. The third-order valence-electron chi connectivity index (χ3n) is 3.37. The maximum absolute atomic E-state index is 11.4. The second-order valence-corrected chi connectivity index (χ2v) is 6.14. The highest BCUT2D eigenvalue weighted by atomic mass is 16.5. The fourth-order valence-electron chi connectivity index (χ4n) is 2.19. The quantitative estimate of drug-likeness (QED) is 0.798. The van der Waals surface area contributed by atoms with E-state index < -0.39 is 0 Å². The summed E-state index contributed by atoms with van der Waals surface area (Å²) in [7, 11) is 0. The maximum Gasteiger partial charge on any atom is 0.303 e. The number of rotatable bonds is 3. The van der Waals surface area contributed by atoms with Crippen LogP contribution in [0.2, 0.25) is 0 Å². The van der Waals surface area contributed by atoms with Crippen LogP contribution in [0.1, 0.15) is 50.5 Å². The number of hydrogen-bond acceptors (Lipinski definition) is 3. The third kappa shape index (κ3) is 3.91. The first-order valence-corrected chi connectivity index (χ1v) is 7.05. The summed E-state index contributed by atoms with van der Waals surface area (Å²) in [5, 5.41) is 0. The minimum Gasteiger partial charge on any atom is -0.453 e. The van der Waals surface area contributed by atoms with Gasteiger partial charge in [-0.25, -0.2) is 0 Å². The van der Waals surface area contributed by atoms with Crippen molar-refractivity contribution in [1.82, 2.24) is 4.98 Å². The zero-order chi connectivity index (χ0) is 15.5. The molecule has 21 heavy (non-hydrogen) atoms. The van der Waals surface area contributed by atoms with Gasteiger partial charge in [-0.15, -0.1) is 0 Å². The molecule has 0 fully saturated rings.